The first-order valence-corrected chi connectivity index (χ1v) is 11.6. The zero-order chi connectivity index (χ0) is 21.8. The Kier molecular flexibility index (Phi) is 10.6. The first kappa shape index (κ1) is 24.1. The van der Waals surface area contributed by atoms with Gasteiger partial charge < -0.3 is 9.47 Å². The Hall–Kier alpha value is -2.17. The topological polar surface area (TPSA) is 69.7 Å². The van der Waals surface area contributed by atoms with Crippen molar-refractivity contribution in [3.63, 3.8) is 0 Å². The lowest BCUT2D eigenvalue weighted by atomic mass is 10.1. The van der Waals surface area contributed by atoms with Crippen LogP contribution >= 0.6 is 0 Å². The summed E-state index contributed by atoms with van der Waals surface area (Å²) in [5.74, 6) is -0.842. The molecule has 0 N–H and O–H groups in total. The Labute approximate surface area is 180 Å². The van der Waals surface area contributed by atoms with Crippen LogP contribution < -0.4 is 4.74 Å². The molecule has 30 heavy (non-hydrogen) atoms. The van der Waals surface area contributed by atoms with E-state index in [0.717, 1.165) is 12.8 Å². The molecule has 1 atom stereocenters. The molecule has 1 unspecified atom stereocenters. The monoisotopic (exact) mass is 416 g/mol. The third kappa shape index (κ3) is 7.26. The van der Waals surface area contributed by atoms with Gasteiger partial charge in [0.1, 0.15) is 5.75 Å². The summed E-state index contributed by atoms with van der Waals surface area (Å²) in [5.41, 5.74) is 0.593. The number of rotatable bonds is 15. The van der Waals surface area contributed by atoms with Crippen molar-refractivity contribution in [2.24, 2.45) is 0 Å². The third-order valence-corrected chi connectivity index (χ3v) is 5.47. The molecule has 1 aliphatic carbocycles. The van der Waals surface area contributed by atoms with Crippen molar-refractivity contribution in [3.05, 3.63) is 29.3 Å². The molecule has 0 spiro atoms. The van der Waals surface area contributed by atoms with Gasteiger partial charge in [0.15, 0.2) is 0 Å². The first-order valence-electron chi connectivity index (χ1n) is 11.6. The van der Waals surface area contributed by atoms with E-state index in [1.165, 1.54) is 51.4 Å². The molecule has 0 heterocycles. The van der Waals surface area contributed by atoms with Gasteiger partial charge in [0.05, 0.1) is 6.61 Å². The van der Waals surface area contributed by atoms with Crippen LogP contribution in [0.5, 0.6) is 5.75 Å². The maximum atomic E-state index is 12.5. The molecule has 0 saturated heterocycles. The zero-order valence-electron chi connectivity index (χ0n) is 18.5. The van der Waals surface area contributed by atoms with Crippen molar-refractivity contribution in [1.82, 2.24) is 0 Å². The second-order valence-electron chi connectivity index (χ2n) is 8.09. The molecule has 0 fully saturated rings. The standard InChI is InChI=1S/C25H36O5/c1-3-5-6-7-8-9-10-11-12-13-17-29-19-15-16-20-21(18-19)24(28)25(23(20)27)30-22(26)14-4-2/h15-16,18,25H,3-14,17H2,1-2H3. The minimum atomic E-state index is -1.34. The van der Waals surface area contributed by atoms with Crippen molar-refractivity contribution < 1.29 is 23.9 Å². The number of hydrogen-bond donors (Lipinski definition) is 0. The predicted molar refractivity (Wildman–Crippen MR) is 117 cm³/mol. The number of ketones is 2. The van der Waals surface area contributed by atoms with E-state index in [0.29, 0.717) is 24.3 Å². The predicted octanol–water partition coefficient (Wildman–Crippen LogP) is 6.08. The number of fused-ring (bicyclic) bond motifs is 1. The first-order chi connectivity index (χ1) is 14.6. The van der Waals surface area contributed by atoms with Crippen LogP contribution in [0.2, 0.25) is 0 Å². The van der Waals surface area contributed by atoms with Crippen molar-refractivity contribution in [3.8, 4) is 5.75 Å². The lowest BCUT2D eigenvalue weighted by Crippen LogP contribution is -2.28. The average molecular weight is 417 g/mol. The quantitative estimate of drug-likeness (QED) is 0.197. The molecular formula is C25H36O5. The van der Waals surface area contributed by atoms with Crippen LogP contribution in [0.3, 0.4) is 0 Å². The maximum absolute atomic E-state index is 12.5. The average Bonchev–Trinajstić information content (AvgIpc) is 2.96. The number of unbranched alkanes of at least 4 members (excludes halogenated alkanes) is 9. The van der Waals surface area contributed by atoms with Gasteiger partial charge in [-0.05, 0) is 31.0 Å². The molecule has 0 aliphatic heterocycles. The van der Waals surface area contributed by atoms with E-state index in [2.05, 4.69) is 6.92 Å². The largest absolute Gasteiger partial charge is 0.494 e. The molecule has 0 bridgehead atoms. The minimum absolute atomic E-state index is 0.195. The summed E-state index contributed by atoms with van der Waals surface area (Å²) in [5, 5.41) is 0. The summed E-state index contributed by atoms with van der Waals surface area (Å²) in [4.78, 5) is 36.6. The van der Waals surface area contributed by atoms with Crippen LogP contribution in [0.1, 0.15) is 112 Å². The van der Waals surface area contributed by atoms with Crippen molar-refractivity contribution >= 4 is 17.5 Å². The fraction of sp³-hybridized carbons (Fsp3) is 0.640. The lowest BCUT2D eigenvalue weighted by molar-refractivity contribution is -0.145. The number of ether oxygens (including phenoxy) is 2. The zero-order valence-corrected chi connectivity index (χ0v) is 18.5. The Morgan fingerprint density at radius 3 is 2.03 bits per heavy atom. The van der Waals surface area contributed by atoms with Gasteiger partial charge in [-0.3, -0.25) is 14.4 Å². The number of hydrogen-bond acceptors (Lipinski definition) is 5. The van der Waals surface area contributed by atoms with Gasteiger partial charge in [-0.25, -0.2) is 0 Å². The van der Waals surface area contributed by atoms with Crippen molar-refractivity contribution in [1.29, 1.82) is 0 Å². The van der Waals surface area contributed by atoms with Gasteiger partial charge >= 0.3 is 5.97 Å². The van der Waals surface area contributed by atoms with E-state index in [4.69, 9.17) is 9.47 Å². The highest BCUT2D eigenvalue weighted by Gasteiger charge is 2.41. The highest BCUT2D eigenvalue weighted by atomic mass is 16.6. The summed E-state index contributed by atoms with van der Waals surface area (Å²) < 4.78 is 10.9. The highest BCUT2D eigenvalue weighted by Crippen LogP contribution is 2.28. The molecule has 5 nitrogen and oxygen atoms in total. The van der Waals surface area contributed by atoms with E-state index >= 15 is 0 Å². The van der Waals surface area contributed by atoms with E-state index < -0.39 is 23.6 Å². The lowest BCUT2D eigenvalue weighted by Gasteiger charge is -2.08. The van der Waals surface area contributed by atoms with Crippen LogP contribution in [-0.4, -0.2) is 30.2 Å². The van der Waals surface area contributed by atoms with Crippen LogP contribution in [-0.2, 0) is 9.53 Å². The second-order valence-corrected chi connectivity index (χ2v) is 8.09. The summed E-state index contributed by atoms with van der Waals surface area (Å²) in [6.45, 7) is 4.67. The molecule has 0 saturated carbocycles. The van der Waals surface area contributed by atoms with Gasteiger partial charge in [-0.15, -0.1) is 0 Å². The van der Waals surface area contributed by atoms with E-state index in [1.54, 1.807) is 18.2 Å². The summed E-state index contributed by atoms with van der Waals surface area (Å²) >= 11 is 0. The van der Waals surface area contributed by atoms with Crippen LogP contribution in [0.4, 0.5) is 0 Å². The Morgan fingerprint density at radius 1 is 0.800 bits per heavy atom. The summed E-state index contributed by atoms with van der Waals surface area (Å²) in [7, 11) is 0. The van der Waals surface area contributed by atoms with Crippen LogP contribution in [0.25, 0.3) is 0 Å². The normalized spacial score (nSPS) is 15.3. The molecule has 5 heteroatoms. The molecule has 1 aromatic carbocycles. The van der Waals surface area contributed by atoms with Crippen LogP contribution in [0.15, 0.2) is 18.2 Å². The summed E-state index contributed by atoms with van der Waals surface area (Å²) in [6, 6.07) is 4.90. The second kappa shape index (κ2) is 13.2. The van der Waals surface area contributed by atoms with E-state index in [9.17, 15) is 14.4 Å². The van der Waals surface area contributed by atoms with Crippen LogP contribution in [0, 0.1) is 0 Å². The Bertz CT molecular complexity index is 709. The summed E-state index contributed by atoms with van der Waals surface area (Å²) in [6.07, 6.45) is 12.1. The SMILES string of the molecule is CCCCCCCCCCCCOc1ccc2c(c1)C(=O)C(OC(=O)CCC)C2=O. The van der Waals surface area contributed by atoms with Gasteiger partial charge in [0.2, 0.25) is 17.7 Å². The van der Waals surface area contributed by atoms with Gasteiger partial charge in [0.25, 0.3) is 0 Å². The molecule has 0 radical (unpaired) electrons. The Balaban J connectivity index is 1.69. The number of esters is 1. The van der Waals surface area contributed by atoms with Crippen molar-refractivity contribution in [2.45, 2.75) is 97.0 Å². The fourth-order valence-corrected chi connectivity index (χ4v) is 3.71. The maximum Gasteiger partial charge on any atom is 0.306 e. The number of carbonyl (C=O) groups is 3. The number of carbonyl (C=O) groups excluding carboxylic acids is 3. The molecule has 0 amide bonds. The van der Waals surface area contributed by atoms with Crippen molar-refractivity contribution in [2.75, 3.05) is 6.61 Å². The van der Waals surface area contributed by atoms with E-state index in [1.807, 2.05) is 6.92 Å². The van der Waals surface area contributed by atoms with Gasteiger partial charge in [0, 0.05) is 17.5 Å². The van der Waals surface area contributed by atoms with Gasteiger partial charge in [-0.2, -0.15) is 0 Å². The number of Topliss-reactive ketones (excluding diaryl/α,β-unsaturated/α-hetero) is 2. The molecule has 0 aromatic heterocycles. The third-order valence-electron chi connectivity index (χ3n) is 5.47. The smallest absolute Gasteiger partial charge is 0.306 e. The molecule has 1 aromatic rings. The molecular weight excluding hydrogens is 380 g/mol. The fourth-order valence-electron chi connectivity index (χ4n) is 3.71. The molecule has 166 valence electrons. The van der Waals surface area contributed by atoms with Gasteiger partial charge in [-0.1, -0.05) is 71.6 Å². The molecule has 1 aliphatic rings. The number of benzene rings is 1. The minimum Gasteiger partial charge on any atom is -0.494 e. The Morgan fingerprint density at radius 2 is 1.40 bits per heavy atom. The highest BCUT2D eigenvalue weighted by molar-refractivity contribution is 6.29. The molecule has 2 rings (SSSR count). The van der Waals surface area contributed by atoms with E-state index in [-0.39, 0.29) is 12.0 Å².